The van der Waals surface area contributed by atoms with Crippen LogP contribution >= 0.6 is 15.9 Å². The standard InChI is InChI=1S/C15H19BrN2O3/c1-15(2)7-4-8-17-12(15)13(19)18-11-9(14(20)21)5-3-6-10(11)16/h3,5-6,12,17H,4,7-8H2,1-2H3,(H,18,19)(H,20,21). The van der Waals surface area contributed by atoms with Crippen molar-refractivity contribution in [2.45, 2.75) is 32.7 Å². The summed E-state index contributed by atoms with van der Waals surface area (Å²) in [6, 6.07) is 4.48. The third-order valence-electron chi connectivity index (χ3n) is 3.88. The largest absolute Gasteiger partial charge is 0.478 e. The number of rotatable bonds is 3. The Morgan fingerprint density at radius 2 is 2.14 bits per heavy atom. The van der Waals surface area contributed by atoms with Gasteiger partial charge in [-0.05, 0) is 52.9 Å². The average Bonchev–Trinajstić information content (AvgIpc) is 2.40. The third kappa shape index (κ3) is 3.44. The van der Waals surface area contributed by atoms with Crippen LogP contribution in [0.1, 0.15) is 37.0 Å². The molecule has 5 nitrogen and oxygen atoms in total. The maximum absolute atomic E-state index is 12.5. The number of anilines is 1. The molecule has 2 rings (SSSR count). The topological polar surface area (TPSA) is 78.4 Å². The molecule has 6 heteroatoms. The van der Waals surface area contributed by atoms with Gasteiger partial charge in [-0.2, -0.15) is 0 Å². The maximum Gasteiger partial charge on any atom is 0.337 e. The van der Waals surface area contributed by atoms with E-state index in [1.54, 1.807) is 12.1 Å². The van der Waals surface area contributed by atoms with E-state index >= 15 is 0 Å². The molecular weight excluding hydrogens is 336 g/mol. The molecule has 0 radical (unpaired) electrons. The summed E-state index contributed by atoms with van der Waals surface area (Å²) >= 11 is 3.30. The van der Waals surface area contributed by atoms with Crippen molar-refractivity contribution in [2.24, 2.45) is 5.41 Å². The van der Waals surface area contributed by atoms with Crippen LogP contribution in [0.4, 0.5) is 5.69 Å². The van der Waals surface area contributed by atoms with Crippen LogP contribution in [0.25, 0.3) is 0 Å². The van der Waals surface area contributed by atoms with Crippen LogP contribution in [-0.2, 0) is 4.79 Å². The van der Waals surface area contributed by atoms with Crippen molar-refractivity contribution in [1.29, 1.82) is 0 Å². The average molecular weight is 355 g/mol. The molecular formula is C15H19BrN2O3. The van der Waals surface area contributed by atoms with Crippen LogP contribution in [0.5, 0.6) is 0 Å². The number of carboxylic acids is 1. The van der Waals surface area contributed by atoms with Crippen molar-refractivity contribution in [2.75, 3.05) is 11.9 Å². The minimum atomic E-state index is -1.07. The van der Waals surface area contributed by atoms with E-state index in [4.69, 9.17) is 0 Å². The van der Waals surface area contributed by atoms with Crippen molar-refractivity contribution < 1.29 is 14.7 Å². The highest BCUT2D eigenvalue weighted by atomic mass is 79.9. The lowest BCUT2D eigenvalue weighted by molar-refractivity contribution is -0.121. The van der Waals surface area contributed by atoms with E-state index in [0.29, 0.717) is 10.2 Å². The lowest BCUT2D eigenvalue weighted by Crippen LogP contribution is -2.53. The molecule has 1 saturated heterocycles. The molecule has 1 amide bonds. The number of piperidine rings is 1. The van der Waals surface area contributed by atoms with Crippen LogP contribution in [0.2, 0.25) is 0 Å². The van der Waals surface area contributed by atoms with E-state index < -0.39 is 5.97 Å². The van der Waals surface area contributed by atoms with Crippen molar-refractivity contribution >= 4 is 33.5 Å². The molecule has 1 heterocycles. The molecule has 1 atom stereocenters. The summed E-state index contributed by atoms with van der Waals surface area (Å²) in [5.41, 5.74) is 0.219. The molecule has 1 aromatic carbocycles. The first-order chi connectivity index (χ1) is 9.83. The van der Waals surface area contributed by atoms with E-state index in [1.165, 1.54) is 6.07 Å². The van der Waals surface area contributed by atoms with Crippen molar-refractivity contribution in [1.82, 2.24) is 5.32 Å². The summed E-state index contributed by atoms with van der Waals surface area (Å²) < 4.78 is 0.560. The van der Waals surface area contributed by atoms with Gasteiger partial charge in [0.05, 0.1) is 17.3 Å². The number of para-hydroxylation sites is 1. The number of benzene rings is 1. The number of carboxylic acid groups (broad SMARTS) is 1. The van der Waals surface area contributed by atoms with Gasteiger partial charge in [-0.15, -0.1) is 0 Å². The summed E-state index contributed by atoms with van der Waals surface area (Å²) in [6.45, 7) is 4.88. The van der Waals surface area contributed by atoms with Crippen LogP contribution in [-0.4, -0.2) is 29.6 Å². The third-order valence-corrected chi connectivity index (χ3v) is 4.54. The SMILES string of the molecule is CC1(C)CCCNC1C(=O)Nc1c(Br)cccc1C(=O)O. The predicted molar refractivity (Wildman–Crippen MR) is 84.5 cm³/mol. The molecule has 3 N–H and O–H groups in total. The van der Waals surface area contributed by atoms with Gasteiger partial charge >= 0.3 is 5.97 Å². The molecule has 0 bridgehead atoms. The Labute approximate surface area is 132 Å². The second-order valence-electron chi connectivity index (χ2n) is 5.94. The molecule has 114 valence electrons. The first kappa shape index (κ1) is 16.0. The number of hydrogen-bond donors (Lipinski definition) is 3. The number of aromatic carboxylic acids is 1. The highest BCUT2D eigenvalue weighted by Gasteiger charge is 2.37. The van der Waals surface area contributed by atoms with Crippen LogP contribution in [0.3, 0.4) is 0 Å². The molecule has 21 heavy (non-hydrogen) atoms. The van der Waals surface area contributed by atoms with Gasteiger partial charge in [0, 0.05) is 4.47 Å². The Bertz CT molecular complexity index is 572. The monoisotopic (exact) mass is 354 g/mol. The van der Waals surface area contributed by atoms with Gasteiger partial charge in [-0.25, -0.2) is 4.79 Å². The number of carbonyl (C=O) groups excluding carboxylic acids is 1. The molecule has 1 unspecified atom stereocenters. The Hall–Kier alpha value is -1.40. The zero-order valence-corrected chi connectivity index (χ0v) is 13.7. The smallest absolute Gasteiger partial charge is 0.337 e. The fraction of sp³-hybridized carbons (Fsp3) is 0.467. The number of carbonyl (C=O) groups is 2. The first-order valence-electron chi connectivity index (χ1n) is 6.89. The fourth-order valence-electron chi connectivity index (χ4n) is 2.68. The van der Waals surface area contributed by atoms with Crippen molar-refractivity contribution in [3.05, 3.63) is 28.2 Å². The minimum absolute atomic E-state index is 0.0753. The second-order valence-corrected chi connectivity index (χ2v) is 6.79. The summed E-state index contributed by atoms with van der Waals surface area (Å²) in [4.78, 5) is 23.8. The quantitative estimate of drug-likeness (QED) is 0.779. The Morgan fingerprint density at radius 1 is 1.43 bits per heavy atom. The van der Waals surface area contributed by atoms with E-state index in [9.17, 15) is 14.7 Å². The van der Waals surface area contributed by atoms with E-state index in [-0.39, 0.29) is 22.9 Å². The maximum atomic E-state index is 12.5. The predicted octanol–water partition coefficient (Wildman–Crippen LogP) is 2.86. The van der Waals surface area contributed by atoms with Gasteiger partial charge in [0.25, 0.3) is 0 Å². The van der Waals surface area contributed by atoms with Gasteiger partial charge in [-0.1, -0.05) is 19.9 Å². The fourth-order valence-corrected chi connectivity index (χ4v) is 3.15. The zero-order valence-electron chi connectivity index (χ0n) is 12.1. The van der Waals surface area contributed by atoms with Crippen LogP contribution in [0, 0.1) is 5.41 Å². The lowest BCUT2D eigenvalue weighted by Gasteiger charge is -2.38. The van der Waals surface area contributed by atoms with Gasteiger partial charge in [0.1, 0.15) is 0 Å². The highest BCUT2D eigenvalue weighted by molar-refractivity contribution is 9.10. The van der Waals surface area contributed by atoms with Crippen LogP contribution in [0.15, 0.2) is 22.7 Å². The molecule has 0 spiro atoms. The summed E-state index contributed by atoms with van der Waals surface area (Å²) in [5.74, 6) is -1.27. The molecule has 0 aliphatic carbocycles. The summed E-state index contributed by atoms with van der Waals surface area (Å²) in [6.07, 6.45) is 1.99. The van der Waals surface area contributed by atoms with Crippen molar-refractivity contribution in [3.63, 3.8) is 0 Å². The van der Waals surface area contributed by atoms with Gasteiger partial charge in [-0.3, -0.25) is 4.79 Å². The second kappa shape index (κ2) is 6.15. The Kier molecular flexibility index (Phi) is 4.68. The lowest BCUT2D eigenvalue weighted by atomic mass is 9.77. The van der Waals surface area contributed by atoms with E-state index in [1.807, 2.05) is 13.8 Å². The number of halogens is 1. The highest BCUT2D eigenvalue weighted by Crippen LogP contribution is 2.32. The summed E-state index contributed by atoms with van der Waals surface area (Å²) in [7, 11) is 0. The number of hydrogen-bond acceptors (Lipinski definition) is 3. The van der Waals surface area contributed by atoms with Crippen molar-refractivity contribution in [3.8, 4) is 0 Å². The van der Waals surface area contributed by atoms with E-state index in [0.717, 1.165) is 19.4 Å². The molecule has 1 aliphatic heterocycles. The molecule has 1 fully saturated rings. The molecule has 0 saturated carbocycles. The van der Waals surface area contributed by atoms with Crippen LogP contribution < -0.4 is 10.6 Å². The normalized spacial score (nSPS) is 20.8. The Morgan fingerprint density at radius 3 is 2.76 bits per heavy atom. The number of nitrogens with one attached hydrogen (secondary N) is 2. The van der Waals surface area contributed by atoms with E-state index in [2.05, 4.69) is 26.6 Å². The molecule has 1 aromatic rings. The molecule has 1 aliphatic rings. The zero-order chi connectivity index (χ0) is 15.6. The number of amides is 1. The van der Waals surface area contributed by atoms with Gasteiger partial charge in [0.15, 0.2) is 0 Å². The minimum Gasteiger partial charge on any atom is -0.478 e. The Balaban J connectivity index is 2.26. The van der Waals surface area contributed by atoms with Gasteiger partial charge in [0.2, 0.25) is 5.91 Å². The molecule has 0 aromatic heterocycles. The summed E-state index contributed by atoms with van der Waals surface area (Å²) in [5, 5.41) is 15.2. The van der Waals surface area contributed by atoms with Gasteiger partial charge < -0.3 is 15.7 Å². The first-order valence-corrected chi connectivity index (χ1v) is 7.68.